The molecule has 0 aliphatic carbocycles. The van der Waals surface area contributed by atoms with Gasteiger partial charge in [0.25, 0.3) is 5.91 Å². The number of morpholine rings is 1. The van der Waals surface area contributed by atoms with Crippen LogP contribution in [-0.2, 0) is 16.1 Å². The van der Waals surface area contributed by atoms with Gasteiger partial charge in [0.05, 0.1) is 19.2 Å². The van der Waals surface area contributed by atoms with E-state index in [2.05, 4.69) is 32.4 Å². The Labute approximate surface area is 164 Å². The summed E-state index contributed by atoms with van der Waals surface area (Å²) in [5, 5.41) is 6.21. The molecule has 8 heteroatoms. The van der Waals surface area contributed by atoms with E-state index in [4.69, 9.17) is 16.3 Å². The zero-order valence-corrected chi connectivity index (χ0v) is 16.2. The Balaban J connectivity index is 1.70. The second-order valence-corrected chi connectivity index (χ2v) is 6.75. The van der Waals surface area contributed by atoms with Crippen LogP contribution in [0.2, 0.25) is 5.15 Å². The van der Waals surface area contributed by atoms with Gasteiger partial charge in [-0.25, -0.2) is 4.98 Å². The summed E-state index contributed by atoms with van der Waals surface area (Å²) < 4.78 is 5.82. The number of rotatable bonds is 6. The number of hydrogen-bond donors (Lipinski definition) is 2. The summed E-state index contributed by atoms with van der Waals surface area (Å²) >= 11 is 6.13. The van der Waals surface area contributed by atoms with Crippen molar-refractivity contribution in [3.63, 3.8) is 0 Å². The van der Waals surface area contributed by atoms with Crippen molar-refractivity contribution in [2.75, 3.05) is 30.4 Å². The summed E-state index contributed by atoms with van der Waals surface area (Å²) in [7, 11) is 1.74. The molecule has 1 aromatic heterocycles. The highest BCUT2D eigenvalue weighted by atomic mass is 35.5. The molecule has 27 heavy (non-hydrogen) atoms. The Bertz CT molecular complexity index is 774. The molecule has 1 aromatic carbocycles. The number of carbonyl (C=O) groups excluding carboxylic acids is 1. The molecular weight excluding hydrogens is 366 g/mol. The summed E-state index contributed by atoms with van der Waals surface area (Å²) in [4.78, 5) is 23.3. The summed E-state index contributed by atoms with van der Waals surface area (Å²) in [5.41, 5.74) is 1.05. The molecule has 1 aliphatic heterocycles. The van der Waals surface area contributed by atoms with Crippen molar-refractivity contribution in [3.8, 4) is 0 Å². The van der Waals surface area contributed by atoms with E-state index in [9.17, 15) is 4.79 Å². The molecule has 2 atom stereocenters. The first-order chi connectivity index (χ1) is 13.1. The predicted molar refractivity (Wildman–Crippen MR) is 106 cm³/mol. The molecule has 1 aliphatic rings. The summed E-state index contributed by atoms with van der Waals surface area (Å²) in [6.45, 7) is 3.42. The molecule has 3 rings (SSSR count). The topological polar surface area (TPSA) is 79.4 Å². The minimum atomic E-state index is -0.566. The molecule has 7 nitrogen and oxygen atoms in total. The van der Waals surface area contributed by atoms with Crippen molar-refractivity contribution < 1.29 is 9.53 Å². The minimum absolute atomic E-state index is 0.124. The zero-order chi connectivity index (χ0) is 19.2. The number of halogens is 1. The van der Waals surface area contributed by atoms with Gasteiger partial charge in [0.1, 0.15) is 11.0 Å². The molecule has 0 spiro atoms. The van der Waals surface area contributed by atoms with E-state index in [-0.39, 0.29) is 11.9 Å². The molecule has 2 aromatic rings. The number of benzene rings is 1. The van der Waals surface area contributed by atoms with Gasteiger partial charge in [-0.15, -0.1) is 0 Å². The van der Waals surface area contributed by atoms with Crippen molar-refractivity contribution in [1.82, 2.24) is 15.3 Å². The SMILES string of the molecule is CCC1COC(C(=O)NCc2ccccc2)CN1c1cc(Cl)nc(NC)n1. The molecule has 0 radical (unpaired) electrons. The largest absolute Gasteiger partial charge is 0.364 e. The first-order valence-corrected chi connectivity index (χ1v) is 9.40. The second kappa shape index (κ2) is 9.01. The fraction of sp³-hybridized carbons (Fsp3) is 0.421. The normalized spacial score (nSPS) is 19.6. The van der Waals surface area contributed by atoms with Gasteiger partial charge in [-0.1, -0.05) is 48.9 Å². The maximum Gasteiger partial charge on any atom is 0.251 e. The van der Waals surface area contributed by atoms with Gasteiger partial charge in [-0.2, -0.15) is 4.98 Å². The lowest BCUT2D eigenvalue weighted by Crippen LogP contribution is -2.54. The fourth-order valence-electron chi connectivity index (χ4n) is 3.04. The maximum atomic E-state index is 12.6. The maximum absolute atomic E-state index is 12.6. The molecule has 2 N–H and O–H groups in total. The van der Waals surface area contributed by atoms with Gasteiger partial charge in [-0.05, 0) is 12.0 Å². The lowest BCUT2D eigenvalue weighted by atomic mass is 10.1. The van der Waals surface area contributed by atoms with E-state index in [0.717, 1.165) is 12.0 Å². The number of nitrogens with one attached hydrogen (secondary N) is 2. The quantitative estimate of drug-likeness (QED) is 0.739. The third-order valence-electron chi connectivity index (χ3n) is 4.57. The van der Waals surface area contributed by atoms with E-state index < -0.39 is 6.10 Å². The van der Waals surface area contributed by atoms with Gasteiger partial charge >= 0.3 is 0 Å². The predicted octanol–water partition coefficient (Wildman–Crippen LogP) is 2.47. The Morgan fingerprint density at radius 1 is 1.33 bits per heavy atom. The van der Waals surface area contributed by atoms with Crippen LogP contribution in [0, 0.1) is 0 Å². The van der Waals surface area contributed by atoms with Crippen LogP contribution in [0.1, 0.15) is 18.9 Å². The third kappa shape index (κ3) is 4.87. The molecule has 0 saturated carbocycles. The van der Waals surface area contributed by atoms with Crippen molar-refractivity contribution in [1.29, 1.82) is 0 Å². The number of carbonyl (C=O) groups is 1. The van der Waals surface area contributed by atoms with Crippen LogP contribution in [-0.4, -0.2) is 48.2 Å². The summed E-state index contributed by atoms with van der Waals surface area (Å²) in [6.07, 6.45) is 0.304. The monoisotopic (exact) mass is 389 g/mol. The highest BCUT2D eigenvalue weighted by Gasteiger charge is 2.33. The van der Waals surface area contributed by atoms with E-state index in [1.807, 2.05) is 30.3 Å². The zero-order valence-electron chi connectivity index (χ0n) is 15.5. The van der Waals surface area contributed by atoms with Crippen molar-refractivity contribution >= 4 is 29.3 Å². The number of amides is 1. The molecule has 2 unspecified atom stereocenters. The van der Waals surface area contributed by atoms with Crippen LogP contribution in [0.3, 0.4) is 0 Å². The first kappa shape index (κ1) is 19.4. The van der Waals surface area contributed by atoms with E-state index in [1.165, 1.54) is 0 Å². The van der Waals surface area contributed by atoms with Crippen LogP contribution in [0.15, 0.2) is 36.4 Å². The standard InChI is InChI=1S/C19H24ClN5O2/c1-3-14-12-27-15(18(26)22-10-13-7-5-4-6-8-13)11-25(14)17-9-16(20)23-19(21-2)24-17/h4-9,14-15H,3,10-12H2,1-2H3,(H,22,26)(H,21,23,24). The van der Waals surface area contributed by atoms with Gasteiger partial charge in [0, 0.05) is 19.7 Å². The number of ether oxygens (including phenoxy) is 1. The van der Waals surface area contributed by atoms with E-state index in [1.54, 1.807) is 13.1 Å². The molecular formula is C19H24ClN5O2. The third-order valence-corrected chi connectivity index (χ3v) is 4.76. The average Bonchev–Trinajstić information content (AvgIpc) is 2.71. The van der Waals surface area contributed by atoms with Gasteiger partial charge in [0.15, 0.2) is 6.10 Å². The molecule has 144 valence electrons. The van der Waals surface area contributed by atoms with E-state index in [0.29, 0.717) is 36.6 Å². The number of nitrogens with zero attached hydrogens (tertiary/aromatic N) is 3. The smallest absolute Gasteiger partial charge is 0.251 e. The van der Waals surface area contributed by atoms with Gasteiger partial charge < -0.3 is 20.3 Å². The lowest BCUT2D eigenvalue weighted by molar-refractivity contribution is -0.134. The van der Waals surface area contributed by atoms with Crippen LogP contribution in [0.25, 0.3) is 0 Å². The number of hydrogen-bond acceptors (Lipinski definition) is 6. The molecule has 2 heterocycles. The first-order valence-electron chi connectivity index (χ1n) is 9.03. The molecule has 1 saturated heterocycles. The molecule has 0 bridgehead atoms. The van der Waals surface area contributed by atoms with Crippen molar-refractivity contribution in [2.24, 2.45) is 0 Å². The summed E-state index contributed by atoms with van der Waals surface area (Å²) in [5.74, 6) is 1.01. The Morgan fingerprint density at radius 3 is 2.81 bits per heavy atom. The Kier molecular flexibility index (Phi) is 6.47. The van der Waals surface area contributed by atoms with Gasteiger partial charge in [0.2, 0.25) is 5.95 Å². The number of anilines is 2. The second-order valence-electron chi connectivity index (χ2n) is 6.36. The van der Waals surface area contributed by atoms with Crippen LogP contribution in [0.5, 0.6) is 0 Å². The lowest BCUT2D eigenvalue weighted by Gasteiger charge is -2.39. The number of aromatic nitrogens is 2. The Hall–Kier alpha value is -2.38. The highest BCUT2D eigenvalue weighted by Crippen LogP contribution is 2.25. The fourth-order valence-corrected chi connectivity index (χ4v) is 3.22. The average molecular weight is 390 g/mol. The highest BCUT2D eigenvalue weighted by molar-refractivity contribution is 6.29. The molecule has 1 amide bonds. The van der Waals surface area contributed by atoms with E-state index >= 15 is 0 Å². The van der Waals surface area contributed by atoms with Crippen LogP contribution in [0.4, 0.5) is 11.8 Å². The molecule has 1 fully saturated rings. The van der Waals surface area contributed by atoms with Gasteiger partial charge in [-0.3, -0.25) is 4.79 Å². The van der Waals surface area contributed by atoms with Crippen LogP contribution < -0.4 is 15.5 Å². The Morgan fingerprint density at radius 2 is 2.11 bits per heavy atom. The van der Waals surface area contributed by atoms with Crippen molar-refractivity contribution in [2.45, 2.75) is 32.0 Å². The van der Waals surface area contributed by atoms with Crippen LogP contribution >= 0.6 is 11.6 Å². The minimum Gasteiger partial charge on any atom is -0.364 e. The van der Waals surface area contributed by atoms with Crippen molar-refractivity contribution in [3.05, 3.63) is 47.1 Å². The summed E-state index contributed by atoms with van der Waals surface area (Å²) in [6, 6.07) is 11.6.